The first-order valence-corrected chi connectivity index (χ1v) is 7.66. The van der Waals surface area contributed by atoms with Gasteiger partial charge in [-0.25, -0.2) is 15.0 Å². The predicted molar refractivity (Wildman–Crippen MR) is 86.7 cm³/mol. The maximum Gasteiger partial charge on any atom is 0.254 e. The van der Waals surface area contributed by atoms with Gasteiger partial charge in [-0.3, -0.25) is 0 Å². The third-order valence-corrected chi connectivity index (χ3v) is 4.13. The number of aromatic nitrogens is 6. The first kappa shape index (κ1) is 13.9. The van der Waals surface area contributed by atoms with Crippen molar-refractivity contribution in [2.75, 3.05) is 36.0 Å². The third kappa shape index (κ3) is 2.45. The van der Waals surface area contributed by atoms with Gasteiger partial charge < -0.3 is 9.80 Å². The van der Waals surface area contributed by atoms with Crippen LogP contribution >= 0.6 is 0 Å². The van der Waals surface area contributed by atoms with Crippen LogP contribution in [0.5, 0.6) is 0 Å². The fourth-order valence-corrected chi connectivity index (χ4v) is 3.01. The SMILES string of the molecule is Cc1cc(N2CCN(c3ncncc3C)CC2)n2ncnc2n1. The van der Waals surface area contributed by atoms with E-state index in [-0.39, 0.29) is 0 Å². The summed E-state index contributed by atoms with van der Waals surface area (Å²) in [6, 6.07) is 2.06. The Bertz CT molecular complexity index is 834. The zero-order valence-corrected chi connectivity index (χ0v) is 13.2. The van der Waals surface area contributed by atoms with E-state index in [9.17, 15) is 0 Å². The standard InChI is InChI=1S/C15H18N8/c1-11-8-16-9-17-14(11)22-5-3-21(4-6-22)13-7-12(2)20-15-18-10-19-23(13)15/h7-10H,3-6H2,1-2H3. The molecule has 118 valence electrons. The van der Waals surface area contributed by atoms with E-state index in [2.05, 4.69) is 40.9 Å². The van der Waals surface area contributed by atoms with Gasteiger partial charge in [-0.05, 0) is 13.8 Å². The van der Waals surface area contributed by atoms with E-state index in [0.29, 0.717) is 5.78 Å². The van der Waals surface area contributed by atoms with Crippen LogP contribution in [-0.2, 0) is 0 Å². The van der Waals surface area contributed by atoms with Crippen LogP contribution in [-0.4, -0.2) is 55.7 Å². The summed E-state index contributed by atoms with van der Waals surface area (Å²) >= 11 is 0. The molecule has 4 heterocycles. The molecule has 8 nitrogen and oxygen atoms in total. The van der Waals surface area contributed by atoms with Crippen molar-refractivity contribution < 1.29 is 0 Å². The fraction of sp³-hybridized carbons (Fsp3) is 0.400. The molecule has 0 spiro atoms. The molecule has 1 aliphatic rings. The first-order chi connectivity index (χ1) is 11.2. The monoisotopic (exact) mass is 310 g/mol. The van der Waals surface area contributed by atoms with Crippen molar-refractivity contribution in [1.82, 2.24) is 29.5 Å². The Morgan fingerprint density at radius 2 is 1.74 bits per heavy atom. The molecular weight excluding hydrogens is 292 g/mol. The summed E-state index contributed by atoms with van der Waals surface area (Å²) in [6.07, 6.45) is 5.02. The van der Waals surface area contributed by atoms with E-state index in [1.807, 2.05) is 20.0 Å². The maximum absolute atomic E-state index is 4.41. The summed E-state index contributed by atoms with van der Waals surface area (Å²) in [6.45, 7) is 7.67. The molecule has 3 aromatic heterocycles. The second-order valence-electron chi connectivity index (χ2n) is 5.73. The van der Waals surface area contributed by atoms with Gasteiger partial charge in [0.15, 0.2) is 0 Å². The summed E-state index contributed by atoms with van der Waals surface area (Å²) in [4.78, 5) is 21.7. The smallest absolute Gasteiger partial charge is 0.254 e. The van der Waals surface area contributed by atoms with Crippen molar-refractivity contribution in [3.05, 3.63) is 36.2 Å². The van der Waals surface area contributed by atoms with E-state index in [1.165, 1.54) is 0 Å². The minimum atomic E-state index is 0.647. The summed E-state index contributed by atoms with van der Waals surface area (Å²) in [7, 11) is 0. The van der Waals surface area contributed by atoms with Gasteiger partial charge >= 0.3 is 0 Å². The summed E-state index contributed by atoms with van der Waals surface area (Å²) < 4.78 is 1.80. The van der Waals surface area contributed by atoms with Crippen molar-refractivity contribution in [2.45, 2.75) is 13.8 Å². The zero-order chi connectivity index (χ0) is 15.8. The van der Waals surface area contributed by atoms with Gasteiger partial charge in [-0.1, -0.05) is 0 Å². The molecule has 0 aromatic carbocycles. The molecule has 3 aromatic rings. The minimum absolute atomic E-state index is 0.647. The van der Waals surface area contributed by atoms with Gasteiger partial charge in [0.1, 0.15) is 24.3 Å². The molecule has 0 radical (unpaired) electrons. The van der Waals surface area contributed by atoms with E-state index >= 15 is 0 Å². The van der Waals surface area contributed by atoms with Crippen molar-refractivity contribution >= 4 is 17.4 Å². The number of piperazine rings is 1. The second-order valence-corrected chi connectivity index (χ2v) is 5.73. The van der Waals surface area contributed by atoms with E-state index in [0.717, 1.165) is 49.1 Å². The zero-order valence-electron chi connectivity index (χ0n) is 13.2. The van der Waals surface area contributed by atoms with Gasteiger partial charge in [0.05, 0.1) is 0 Å². The lowest BCUT2D eigenvalue weighted by Crippen LogP contribution is -2.47. The topological polar surface area (TPSA) is 75.3 Å². The molecule has 0 atom stereocenters. The molecule has 0 unspecified atom stereocenters. The average molecular weight is 310 g/mol. The van der Waals surface area contributed by atoms with Gasteiger partial charge in [0.25, 0.3) is 5.78 Å². The largest absolute Gasteiger partial charge is 0.353 e. The van der Waals surface area contributed by atoms with E-state index in [4.69, 9.17) is 0 Å². The highest BCUT2D eigenvalue weighted by Crippen LogP contribution is 2.21. The first-order valence-electron chi connectivity index (χ1n) is 7.66. The Morgan fingerprint density at radius 3 is 2.52 bits per heavy atom. The lowest BCUT2D eigenvalue weighted by molar-refractivity contribution is 0.631. The van der Waals surface area contributed by atoms with Crippen molar-refractivity contribution in [2.24, 2.45) is 0 Å². The lowest BCUT2D eigenvalue weighted by atomic mass is 10.2. The minimum Gasteiger partial charge on any atom is -0.353 e. The van der Waals surface area contributed by atoms with Crippen molar-refractivity contribution in [1.29, 1.82) is 0 Å². The summed E-state index contributed by atoms with van der Waals surface area (Å²) in [5.41, 5.74) is 2.06. The summed E-state index contributed by atoms with van der Waals surface area (Å²) in [5, 5.41) is 4.29. The molecule has 1 aliphatic heterocycles. The van der Waals surface area contributed by atoms with Crippen molar-refractivity contribution in [3.63, 3.8) is 0 Å². The van der Waals surface area contributed by atoms with Crippen LogP contribution in [0.3, 0.4) is 0 Å². The van der Waals surface area contributed by atoms with Crippen LogP contribution in [0.1, 0.15) is 11.3 Å². The van der Waals surface area contributed by atoms with Gasteiger partial charge in [-0.15, -0.1) is 0 Å². The Labute approximate surface area is 133 Å². The highest BCUT2D eigenvalue weighted by molar-refractivity contribution is 5.51. The molecule has 0 saturated carbocycles. The Balaban J connectivity index is 1.57. The van der Waals surface area contributed by atoms with Gasteiger partial charge in [-0.2, -0.15) is 14.6 Å². The number of fused-ring (bicyclic) bond motifs is 1. The number of hydrogen-bond donors (Lipinski definition) is 0. The summed E-state index contributed by atoms with van der Waals surface area (Å²) in [5.74, 6) is 2.72. The molecule has 0 amide bonds. The molecule has 1 saturated heterocycles. The Hall–Kier alpha value is -2.77. The van der Waals surface area contributed by atoms with Crippen LogP contribution < -0.4 is 9.80 Å². The van der Waals surface area contributed by atoms with Gasteiger partial charge in [0, 0.05) is 49.7 Å². The predicted octanol–water partition coefficient (Wildman–Crippen LogP) is 0.858. The lowest BCUT2D eigenvalue weighted by Gasteiger charge is -2.36. The number of nitrogens with zero attached hydrogens (tertiary/aromatic N) is 8. The molecule has 0 N–H and O–H groups in total. The average Bonchev–Trinajstić information content (AvgIpc) is 3.03. The van der Waals surface area contributed by atoms with Crippen LogP contribution in [0.4, 0.5) is 11.6 Å². The molecular formula is C15H18N8. The molecule has 0 bridgehead atoms. The second kappa shape index (κ2) is 5.45. The fourth-order valence-electron chi connectivity index (χ4n) is 3.01. The molecule has 8 heteroatoms. The van der Waals surface area contributed by atoms with Crippen LogP contribution in [0.2, 0.25) is 0 Å². The number of hydrogen-bond acceptors (Lipinski definition) is 7. The maximum atomic E-state index is 4.41. The highest BCUT2D eigenvalue weighted by Gasteiger charge is 2.22. The quantitative estimate of drug-likeness (QED) is 0.695. The molecule has 23 heavy (non-hydrogen) atoms. The Kier molecular flexibility index (Phi) is 3.29. The normalized spacial score (nSPS) is 15.4. The van der Waals surface area contributed by atoms with Crippen molar-refractivity contribution in [3.8, 4) is 0 Å². The molecule has 4 rings (SSSR count). The van der Waals surface area contributed by atoms with E-state index < -0.39 is 0 Å². The number of anilines is 2. The van der Waals surface area contributed by atoms with E-state index in [1.54, 1.807) is 17.2 Å². The Morgan fingerprint density at radius 1 is 0.957 bits per heavy atom. The van der Waals surface area contributed by atoms with Crippen LogP contribution in [0, 0.1) is 13.8 Å². The third-order valence-electron chi connectivity index (χ3n) is 4.13. The highest BCUT2D eigenvalue weighted by atomic mass is 15.4. The molecule has 1 fully saturated rings. The molecule has 0 aliphatic carbocycles. The van der Waals surface area contributed by atoms with Crippen LogP contribution in [0.15, 0.2) is 24.9 Å². The van der Waals surface area contributed by atoms with Crippen LogP contribution in [0.25, 0.3) is 5.78 Å². The van der Waals surface area contributed by atoms with Gasteiger partial charge in [0.2, 0.25) is 0 Å². The number of rotatable bonds is 2. The number of aryl methyl sites for hydroxylation is 2.